The number of nitrogens with zero attached hydrogens (tertiary/aromatic N) is 1. The SMILES string of the molecule is CC(C)Oc1c(N)nsc1NCC1Cc2ccccc21. The monoisotopic (exact) mass is 289 g/mol. The Kier molecular flexibility index (Phi) is 3.53. The van der Waals surface area contributed by atoms with Crippen LogP contribution in [-0.2, 0) is 6.42 Å². The normalized spacial score (nSPS) is 16.6. The standard InChI is InChI=1S/C15H19N3OS/c1-9(2)19-13-14(16)18-20-15(13)17-8-11-7-10-5-3-4-6-12(10)11/h3-6,9,11,17H,7-8H2,1-2H3,(H2,16,18). The number of hydrogen-bond donors (Lipinski definition) is 2. The van der Waals surface area contributed by atoms with Crippen molar-refractivity contribution in [2.45, 2.75) is 32.3 Å². The first kappa shape index (κ1) is 13.2. The fraction of sp³-hybridized carbons (Fsp3) is 0.400. The molecule has 1 aliphatic rings. The number of benzene rings is 1. The highest BCUT2D eigenvalue weighted by Crippen LogP contribution is 2.39. The summed E-state index contributed by atoms with van der Waals surface area (Å²) in [5.74, 6) is 1.74. The molecule has 1 unspecified atom stereocenters. The van der Waals surface area contributed by atoms with E-state index < -0.39 is 0 Å². The maximum absolute atomic E-state index is 5.85. The zero-order valence-corrected chi connectivity index (χ0v) is 12.5. The number of anilines is 2. The van der Waals surface area contributed by atoms with E-state index in [4.69, 9.17) is 10.5 Å². The minimum Gasteiger partial charge on any atom is -0.484 e. The molecule has 0 bridgehead atoms. The second-order valence-electron chi connectivity index (χ2n) is 5.37. The van der Waals surface area contributed by atoms with Gasteiger partial charge in [-0.25, -0.2) is 0 Å². The van der Waals surface area contributed by atoms with Crippen LogP contribution in [0.4, 0.5) is 10.8 Å². The van der Waals surface area contributed by atoms with Gasteiger partial charge in [-0.3, -0.25) is 0 Å². The van der Waals surface area contributed by atoms with E-state index in [2.05, 4.69) is 34.0 Å². The van der Waals surface area contributed by atoms with Gasteiger partial charge < -0.3 is 15.8 Å². The first-order chi connectivity index (χ1) is 9.65. The molecule has 1 aromatic heterocycles. The third-order valence-electron chi connectivity index (χ3n) is 3.50. The van der Waals surface area contributed by atoms with Crippen LogP contribution in [0, 0.1) is 0 Å². The van der Waals surface area contributed by atoms with E-state index in [-0.39, 0.29) is 6.10 Å². The number of aromatic nitrogens is 1. The fourth-order valence-electron chi connectivity index (χ4n) is 2.52. The Labute approximate surface area is 123 Å². The highest BCUT2D eigenvalue weighted by atomic mass is 32.1. The van der Waals surface area contributed by atoms with Gasteiger partial charge in [-0.05, 0) is 42.9 Å². The van der Waals surface area contributed by atoms with Crippen LogP contribution in [0.1, 0.15) is 30.9 Å². The predicted molar refractivity (Wildman–Crippen MR) is 83.7 cm³/mol. The first-order valence-corrected chi connectivity index (χ1v) is 7.66. The van der Waals surface area contributed by atoms with E-state index in [1.807, 2.05) is 13.8 Å². The summed E-state index contributed by atoms with van der Waals surface area (Å²) in [5.41, 5.74) is 8.76. The minimum absolute atomic E-state index is 0.0960. The molecule has 1 atom stereocenters. The van der Waals surface area contributed by atoms with Crippen molar-refractivity contribution >= 4 is 22.4 Å². The van der Waals surface area contributed by atoms with Crippen LogP contribution < -0.4 is 15.8 Å². The van der Waals surface area contributed by atoms with Crippen molar-refractivity contribution in [3.8, 4) is 5.75 Å². The Balaban J connectivity index is 1.65. The largest absolute Gasteiger partial charge is 0.484 e. The van der Waals surface area contributed by atoms with E-state index in [0.29, 0.717) is 17.5 Å². The van der Waals surface area contributed by atoms with Gasteiger partial charge in [0.2, 0.25) is 0 Å². The summed E-state index contributed by atoms with van der Waals surface area (Å²) in [5, 5.41) is 4.36. The molecule has 2 aromatic rings. The van der Waals surface area contributed by atoms with Crippen LogP contribution in [0.5, 0.6) is 5.75 Å². The van der Waals surface area contributed by atoms with E-state index in [9.17, 15) is 0 Å². The van der Waals surface area contributed by atoms with Crippen LogP contribution in [0.25, 0.3) is 0 Å². The molecule has 4 nitrogen and oxygen atoms in total. The zero-order chi connectivity index (χ0) is 14.1. The quantitative estimate of drug-likeness (QED) is 0.887. The molecule has 1 aliphatic carbocycles. The highest BCUT2D eigenvalue weighted by molar-refractivity contribution is 7.11. The van der Waals surface area contributed by atoms with Crippen LogP contribution in [0.2, 0.25) is 0 Å². The van der Waals surface area contributed by atoms with Gasteiger partial charge in [-0.2, -0.15) is 4.37 Å². The smallest absolute Gasteiger partial charge is 0.197 e. The second-order valence-corrected chi connectivity index (χ2v) is 6.15. The highest BCUT2D eigenvalue weighted by Gasteiger charge is 2.25. The zero-order valence-electron chi connectivity index (χ0n) is 11.7. The van der Waals surface area contributed by atoms with Crippen molar-refractivity contribution in [3.05, 3.63) is 35.4 Å². The van der Waals surface area contributed by atoms with Crippen LogP contribution >= 0.6 is 11.5 Å². The van der Waals surface area contributed by atoms with Crippen molar-refractivity contribution in [2.75, 3.05) is 17.6 Å². The van der Waals surface area contributed by atoms with Crippen molar-refractivity contribution in [2.24, 2.45) is 0 Å². The summed E-state index contributed by atoms with van der Waals surface area (Å²) in [7, 11) is 0. The van der Waals surface area contributed by atoms with Crippen LogP contribution in [0.15, 0.2) is 24.3 Å². The lowest BCUT2D eigenvalue weighted by atomic mass is 9.78. The van der Waals surface area contributed by atoms with Gasteiger partial charge in [-0.15, -0.1) is 0 Å². The number of ether oxygens (including phenoxy) is 1. The van der Waals surface area contributed by atoms with Gasteiger partial charge in [0, 0.05) is 12.5 Å². The molecular weight excluding hydrogens is 270 g/mol. The molecule has 1 aromatic carbocycles. The lowest BCUT2D eigenvalue weighted by molar-refractivity contribution is 0.245. The lowest BCUT2D eigenvalue weighted by Gasteiger charge is -2.30. The molecule has 0 fully saturated rings. The van der Waals surface area contributed by atoms with Crippen LogP contribution in [-0.4, -0.2) is 17.0 Å². The fourth-order valence-corrected chi connectivity index (χ4v) is 3.17. The average molecular weight is 289 g/mol. The third-order valence-corrected chi connectivity index (χ3v) is 4.30. The van der Waals surface area contributed by atoms with Gasteiger partial charge in [0.05, 0.1) is 6.10 Å². The molecule has 3 rings (SSSR count). The van der Waals surface area contributed by atoms with Crippen molar-refractivity contribution < 1.29 is 4.74 Å². The summed E-state index contributed by atoms with van der Waals surface area (Å²) in [4.78, 5) is 0. The number of nitrogens with two attached hydrogens (primary N) is 1. The van der Waals surface area contributed by atoms with Gasteiger partial charge in [0.15, 0.2) is 16.6 Å². The molecule has 20 heavy (non-hydrogen) atoms. The molecule has 0 saturated carbocycles. The van der Waals surface area contributed by atoms with E-state index in [0.717, 1.165) is 18.0 Å². The Morgan fingerprint density at radius 1 is 1.45 bits per heavy atom. The Hall–Kier alpha value is -1.75. The Morgan fingerprint density at radius 2 is 2.25 bits per heavy atom. The molecule has 0 radical (unpaired) electrons. The third kappa shape index (κ3) is 2.45. The predicted octanol–water partition coefficient (Wildman–Crippen LogP) is 3.26. The Morgan fingerprint density at radius 3 is 3.00 bits per heavy atom. The topological polar surface area (TPSA) is 60.2 Å². The average Bonchev–Trinajstić information content (AvgIpc) is 2.72. The number of rotatable bonds is 5. The lowest BCUT2D eigenvalue weighted by Crippen LogP contribution is -2.24. The van der Waals surface area contributed by atoms with E-state index in [1.165, 1.54) is 22.7 Å². The van der Waals surface area contributed by atoms with E-state index >= 15 is 0 Å². The summed E-state index contributed by atoms with van der Waals surface area (Å²) in [6, 6.07) is 8.60. The van der Waals surface area contributed by atoms with Gasteiger partial charge in [-0.1, -0.05) is 24.3 Å². The molecule has 3 N–H and O–H groups in total. The Bertz CT molecular complexity index is 609. The minimum atomic E-state index is 0.0960. The molecule has 0 amide bonds. The summed E-state index contributed by atoms with van der Waals surface area (Å²) in [6.45, 7) is 4.87. The molecule has 0 aliphatic heterocycles. The molecule has 0 spiro atoms. The molecule has 5 heteroatoms. The number of fused-ring (bicyclic) bond motifs is 1. The second kappa shape index (κ2) is 5.32. The molecule has 106 valence electrons. The maximum atomic E-state index is 5.85. The summed E-state index contributed by atoms with van der Waals surface area (Å²) >= 11 is 1.36. The number of nitrogens with one attached hydrogen (secondary N) is 1. The number of hydrogen-bond acceptors (Lipinski definition) is 5. The molecule has 1 heterocycles. The van der Waals surface area contributed by atoms with Crippen molar-refractivity contribution in [1.82, 2.24) is 4.37 Å². The maximum Gasteiger partial charge on any atom is 0.197 e. The molecule has 0 saturated heterocycles. The van der Waals surface area contributed by atoms with E-state index in [1.54, 1.807) is 0 Å². The van der Waals surface area contributed by atoms with Crippen LogP contribution in [0.3, 0.4) is 0 Å². The van der Waals surface area contributed by atoms with Gasteiger partial charge >= 0.3 is 0 Å². The van der Waals surface area contributed by atoms with Gasteiger partial charge in [0.1, 0.15) is 0 Å². The van der Waals surface area contributed by atoms with Crippen molar-refractivity contribution in [3.63, 3.8) is 0 Å². The summed E-state index contributed by atoms with van der Waals surface area (Å²) in [6.07, 6.45) is 1.23. The number of nitrogen functional groups attached to an aromatic ring is 1. The summed E-state index contributed by atoms with van der Waals surface area (Å²) < 4.78 is 9.90. The van der Waals surface area contributed by atoms with Gasteiger partial charge in [0.25, 0.3) is 0 Å². The van der Waals surface area contributed by atoms with Crippen molar-refractivity contribution in [1.29, 1.82) is 0 Å². The first-order valence-electron chi connectivity index (χ1n) is 6.88. The molecular formula is C15H19N3OS.